The summed E-state index contributed by atoms with van der Waals surface area (Å²) in [5.41, 5.74) is 1.14. The van der Waals surface area contributed by atoms with Gasteiger partial charge < -0.3 is 5.32 Å². The molecule has 1 amide bonds. The highest BCUT2D eigenvalue weighted by molar-refractivity contribution is 5.88. The molecule has 0 aliphatic heterocycles. The van der Waals surface area contributed by atoms with Crippen molar-refractivity contribution in [3.8, 4) is 0 Å². The fourth-order valence-electron chi connectivity index (χ4n) is 0.975. The molecule has 0 spiro atoms. The van der Waals surface area contributed by atoms with E-state index in [9.17, 15) is 4.79 Å². The van der Waals surface area contributed by atoms with Crippen LogP contribution in [0.4, 0.5) is 0 Å². The molecule has 0 aromatic rings. The lowest BCUT2D eigenvalue weighted by atomic mass is 10.1. The molecule has 0 radical (unpaired) electrons. The van der Waals surface area contributed by atoms with Crippen molar-refractivity contribution in [1.82, 2.24) is 5.32 Å². The Kier molecular flexibility index (Phi) is 6.98. The summed E-state index contributed by atoms with van der Waals surface area (Å²) >= 11 is 0. The number of amides is 1. The molecule has 74 valence electrons. The molecule has 0 heterocycles. The fraction of sp³-hybridized carbons (Fsp3) is 0.545. The van der Waals surface area contributed by atoms with E-state index in [1.807, 2.05) is 6.92 Å². The topological polar surface area (TPSA) is 29.1 Å². The van der Waals surface area contributed by atoms with Gasteiger partial charge in [0.15, 0.2) is 0 Å². The van der Waals surface area contributed by atoms with Gasteiger partial charge in [-0.15, -0.1) is 6.58 Å². The van der Waals surface area contributed by atoms with Gasteiger partial charge in [0, 0.05) is 12.6 Å². The maximum absolute atomic E-state index is 11.1. The molecular formula is C11H19NO. The molecule has 2 nitrogen and oxygen atoms in total. The van der Waals surface area contributed by atoms with Gasteiger partial charge in [0.25, 0.3) is 0 Å². The van der Waals surface area contributed by atoms with Crippen molar-refractivity contribution in [3.05, 3.63) is 24.3 Å². The Morgan fingerprint density at radius 3 is 2.77 bits per heavy atom. The third-order valence-electron chi connectivity index (χ3n) is 1.72. The highest BCUT2D eigenvalue weighted by Crippen LogP contribution is 2.05. The van der Waals surface area contributed by atoms with Gasteiger partial charge in [-0.05, 0) is 19.8 Å². The summed E-state index contributed by atoms with van der Waals surface area (Å²) < 4.78 is 0. The number of allylic oxidation sites excluding steroid dienone is 1. The molecule has 0 bridgehead atoms. The predicted octanol–water partition coefficient (Wildman–Crippen LogP) is 2.43. The molecule has 0 aromatic heterocycles. The number of carbonyl (C=O) groups is 1. The van der Waals surface area contributed by atoms with E-state index < -0.39 is 0 Å². The lowest BCUT2D eigenvalue weighted by Crippen LogP contribution is -2.20. The first-order chi connectivity index (χ1) is 6.20. The third kappa shape index (κ3) is 7.32. The lowest BCUT2D eigenvalue weighted by Gasteiger charge is -2.00. The molecular weight excluding hydrogens is 162 g/mol. The Labute approximate surface area is 80.7 Å². The van der Waals surface area contributed by atoms with E-state index >= 15 is 0 Å². The minimum atomic E-state index is -0.0199. The minimum absolute atomic E-state index is 0.0199. The zero-order valence-corrected chi connectivity index (χ0v) is 8.60. The van der Waals surface area contributed by atoms with E-state index in [-0.39, 0.29) is 5.91 Å². The molecule has 0 rings (SSSR count). The van der Waals surface area contributed by atoms with Crippen LogP contribution >= 0.6 is 0 Å². The standard InChI is InChI=1S/C11H19NO/c1-4-6-7-10(3)9-11(13)12-8-5-2/h5,9H,2,4,6-8H2,1,3H3,(H,12,13). The second kappa shape index (κ2) is 7.59. The average molecular weight is 181 g/mol. The molecule has 0 unspecified atom stereocenters. The quantitative estimate of drug-likeness (QED) is 0.495. The van der Waals surface area contributed by atoms with E-state index in [0.717, 1.165) is 18.4 Å². The Morgan fingerprint density at radius 2 is 2.23 bits per heavy atom. The van der Waals surface area contributed by atoms with E-state index in [1.165, 1.54) is 6.42 Å². The first-order valence-corrected chi connectivity index (χ1v) is 4.76. The molecule has 2 heteroatoms. The smallest absolute Gasteiger partial charge is 0.244 e. The number of rotatable bonds is 6. The Bertz CT molecular complexity index is 194. The van der Waals surface area contributed by atoms with Gasteiger partial charge in [0.1, 0.15) is 0 Å². The van der Waals surface area contributed by atoms with E-state index in [2.05, 4.69) is 18.8 Å². The van der Waals surface area contributed by atoms with Crippen LogP contribution in [0.15, 0.2) is 24.3 Å². The summed E-state index contributed by atoms with van der Waals surface area (Å²) in [6.07, 6.45) is 6.67. The second-order valence-electron chi connectivity index (χ2n) is 3.13. The van der Waals surface area contributed by atoms with Crippen molar-refractivity contribution >= 4 is 5.91 Å². The van der Waals surface area contributed by atoms with Gasteiger partial charge in [0.05, 0.1) is 0 Å². The summed E-state index contributed by atoms with van der Waals surface area (Å²) in [4.78, 5) is 11.1. The van der Waals surface area contributed by atoms with Crippen molar-refractivity contribution < 1.29 is 4.79 Å². The predicted molar refractivity (Wildman–Crippen MR) is 56.5 cm³/mol. The molecule has 0 atom stereocenters. The van der Waals surface area contributed by atoms with Gasteiger partial charge in [-0.3, -0.25) is 4.79 Å². The Balaban J connectivity index is 3.76. The van der Waals surface area contributed by atoms with Gasteiger partial charge in [-0.1, -0.05) is 25.0 Å². The molecule has 0 fully saturated rings. The van der Waals surface area contributed by atoms with Crippen LogP contribution in [0.25, 0.3) is 0 Å². The monoisotopic (exact) mass is 181 g/mol. The van der Waals surface area contributed by atoms with Crippen LogP contribution < -0.4 is 5.32 Å². The van der Waals surface area contributed by atoms with E-state index in [0.29, 0.717) is 6.54 Å². The SMILES string of the molecule is C=CCNC(=O)C=C(C)CCCC. The molecule has 0 saturated carbocycles. The van der Waals surface area contributed by atoms with Gasteiger partial charge in [-0.2, -0.15) is 0 Å². The molecule has 0 aliphatic carbocycles. The number of carbonyl (C=O) groups excluding carboxylic acids is 1. The highest BCUT2D eigenvalue weighted by Gasteiger charge is 1.95. The van der Waals surface area contributed by atoms with Crippen LogP contribution in [0, 0.1) is 0 Å². The minimum Gasteiger partial charge on any atom is -0.349 e. The van der Waals surface area contributed by atoms with E-state index in [1.54, 1.807) is 12.2 Å². The molecule has 0 aliphatic rings. The molecule has 0 aromatic carbocycles. The molecule has 13 heavy (non-hydrogen) atoms. The Morgan fingerprint density at radius 1 is 1.54 bits per heavy atom. The van der Waals surface area contributed by atoms with Gasteiger partial charge >= 0.3 is 0 Å². The number of unbranched alkanes of at least 4 members (excludes halogenated alkanes) is 1. The summed E-state index contributed by atoms with van der Waals surface area (Å²) in [5, 5.41) is 2.71. The van der Waals surface area contributed by atoms with E-state index in [4.69, 9.17) is 0 Å². The van der Waals surface area contributed by atoms with Gasteiger partial charge in [0.2, 0.25) is 5.91 Å². The van der Waals surface area contributed by atoms with Crippen molar-refractivity contribution in [2.75, 3.05) is 6.54 Å². The largest absolute Gasteiger partial charge is 0.349 e. The normalized spacial score (nSPS) is 11.1. The maximum Gasteiger partial charge on any atom is 0.244 e. The first kappa shape index (κ1) is 11.9. The second-order valence-corrected chi connectivity index (χ2v) is 3.13. The molecule has 1 N–H and O–H groups in total. The Hall–Kier alpha value is -1.05. The summed E-state index contributed by atoms with van der Waals surface area (Å²) in [7, 11) is 0. The zero-order chi connectivity index (χ0) is 10.1. The van der Waals surface area contributed by atoms with Crippen LogP contribution in [0.2, 0.25) is 0 Å². The van der Waals surface area contributed by atoms with Crippen molar-refractivity contribution in [2.24, 2.45) is 0 Å². The number of hydrogen-bond donors (Lipinski definition) is 1. The van der Waals surface area contributed by atoms with Crippen molar-refractivity contribution in [2.45, 2.75) is 33.1 Å². The maximum atomic E-state index is 11.1. The van der Waals surface area contributed by atoms with Crippen LogP contribution in [-0.4, -0.2) is 12.5 Å². The van der Waals surface area contributed by atoms with Crippen LogP contribution in [0.5, 0.6) is 0 Å². The van der Waals surface area contributed by atoms with Crippen LogP contribution in [0.1, 0.15) is 33.1 Å². The van der Waals surface area contributed by atoms with Gasteiger partial charge in [-0.25, -0.2) is 0 Å². The number of nitrogens with one attached hydrogen (secondary N) is 1. The molecule has 0 saturated heterocycles. The highest BCUT2D eigenvalue weighted by atomic mass is 16.1. The zero-order valence-electron chi connectivity index (χ0n) is 8.60. The summed E-state index contributed by atoms with van der Waals surface area (Å²) in [5.74, 6) is -0.0199. The van der Waals surface area contributed by atoms with Crippen molar-refractivity contribution in [3.63, 3.8) is 0 Å². The van der Waals surface area contributed by atoms with Crippen LogP contribution in [0.3, 0.4) is 0 Å². The number of hydrogen-bond acceptors (Lipinski definition) is 1. The van der Waals surface area contributed by atoms with Crippen molar-refractivity contribution in [1.29, 1.82) is 0 Å². The van der Waals surface area contributed by atoms with Crippen LogP contribution in [-0.2, 0) is 4.79 Å². The first-order valence-electron chi connectivity index (χ1n) is 4.76. The average Bonchev–Trinajstić information content (AvgIpc) is 2.11. The summed E-state index contributed by atoms with van der Waals surface area (Å²) in [6.45, 7) is 8.20. The third-order valence-corrected chi connectivity index (χ3v) is 1.72. The lowest BCUT2D eigenvalue weighted by molar-refractivity contribution is -0.116. The fourth-order valence-corrected chi connectivity index (χ4v) is 0.975. The summed E-state index contributed by atoms with van der Waals surface area (Å²) in [6, 6.07) is 0.